The summed E-state index contributed by atoms with van der Waals surface area (Å²) in [5, 5.41) is 1.35. The molecule has 8 nitrogen and oxygen atoms in total. The molecule has 0 bridgehead atoms. The maximum atomic E-state index is 14.7. The fourth-order valence-electron chi connectivity index (χ4n) is 4.79. The van der Waals surface area contributed by atoms with Gasteiger partial charge in [-0.25, -0.2) is 0 Å². The molecule has 0 radical (unpaired) electrons. The number of ether oxygens (including phenoxy) is 2. The molecule has 1 fully saturated rings. The van der Waals surface area contributed by atoms with Gasteiger partial charge in [-0.3, -0.25) is 19.5 Å². The Morgan fingerprint density at radius 1 is 0.882 bits per heavy atom. The molecule has 0 spiro atoms. The molecule has 2 aromatic rings. The van der Waals surface area contributed by atoms with E-state index in [9.17, 15) is 14.2 Å². The number of carbonyl (C=O) groups is 2. The number of hydrogen-bond donors (Lipinski definition) is 1. The largest absolute Gasteiger partial charge is 0.468 e. The van der Waals surface area contributed by atoms with Gasteiger partial charge in [0, 0.05) is 5.92 Å². The minimum absolute atomic E-state index is 0.0321. The zero-order valence-electron chi connectivity index (χ0n) is 19.9. The fourth-order valence-corrected chi connectivity index (χ4v) is 7.44. The molecular formula is C25H32NO7P. The summed E-state index contributed by atoms with van der Waals surface area (Å²) in [6.45, 7) is 5.14. The minimum Gasteiger partial charge on any atom is -0.468 e. The molecule has 3 rings (SSSR count). The molecule has 1 heterocycles. The van der Waals surface area contributed by atoms with Crippen molar-refractivity contribution in [3.05, 3.63) is 71.8 Å². The third-order valence-electron chi connectivity index (χ3n) is 5.99. The Kier molecular flexibility index (Phi) is 8.66. The van der Waals surface area contributed by atoms with Gasteiger partial charge in [-0.15, -0.1) is 0 Å². The predicted octanol–water partition coefficient (Wildman–Crippen LogP) is 4.22. The van der Waals surface area contributed by atoms with Gasteiger partial charge in [0.1, 0.15) is 6.04 Å². The molecule has 1 aliphatic rings. The third kappa shape index (κ3) is 4.43. The average molecular weight is 490 g/mol. The van der Waals surface area contributed by atoms with E-state index in [1.54, 1.807) is 57.2 Å². The van der Waals surface area contributed by atoms with Gasteiger partial charge < -0.3 is 18.5 Å². The first-order chi connectivity index (χ1) is 16.4. The Morgan fingerprint density at radius 3 is 1.88 bits per heavy atom. The molecular weight excluding hydrogens is 457 g/mol. The standard InChI is InChI=1S/C25H32NO7P/c1-5-31-24(28)25(34(29,32-6-2)33-7-3)20(18-14-10-8-11-15-18)21(23(27)30-4)26-22(25)19-16-12-9-13-17-19/h8-17,20-22,26H,5-7H2,1-4H3/t20-,21+,22+,25?/m1/s1. The lowest BCUT2D eigenvalue weighted by atomic mass is 9.79. The van der Waals surface area contributed by atoms with Crippen LogP contribution in [0.5, 0.6) is 0 Å². The van der Waals surface area contributed by atoms with Crippen molar-refractivity contribution >= 4 is 19.5 Å². The fraction of sp³-hybridized carbons (Fsp3) is 0.440. The third-order valence-corrected chi connectivity index (χ3v) is 8.82. The number of hydrogen-bond acceptors (Lipinski definition) is 8. The smallest absolute Gasteiger partial charge is 0.350 e. The van der Waals surface area contributed by atoms with E-state index in [1.807, 2.05) is 24.3 Å². The maximum absolute atomic E-state index is 14.7. The molecule has 9 heteroatoms. The number of esters is 2. The number of carbonyl (C=O) groups excluding carboxylic acids is 2. The zero-order valence-corrected chi connectivity index (χ0v) is 20.8. The van der Waals surface area contributed by atoms with Gasteiger partial charge in [0.05, 0.1) is 33.0 Å². The Hall–Kier alpha value is -2.51. The topological polar surface area (TPSA) is 100 Å². The van der Waals surface area contributed by atoms with Crippen LogP contribution in [0.4, 0.5) is 0 Å². The summed E-state index contributed by atoms with van der Waals surface area (Å²) in [6, 6.07) is 16.1. The second-order valence-electron chi connectivity index (χ2n) is 7.78. The summed E-state index contributed by atoms with van der Waals surface area (Å²) < 4.78 is 37.1. The van der Waals surface area contributed by atoms with Gasteiger partial charge in [-0.2, -0.15) is 0 Å². The Balaban J connectivity index is 2.44. The van der Waals surface area contributed by atoms with Crippen molar-refractivity contribution in [3.8, 4) is 0 Å². The number of rotatable bonds is 10. The molecule has 0 aliphatic carbocycles. The van der Waals surface area contributed by atoms with Crippen LogP contribution in [-0.2, 0) is 32.7 Å². The van der Waals surface area contributed by atoms with Gasteiger partial charge in [0.15, 0.2) is 5.16 Å². The molecule has 0 amide bonds. The van der Waals surface area contributed by atoms with Crippen molar-refractivity contribution in [1.82, 2.24) is 5.32 Å². The molecule has 184 valence electrons. The van der Waals surface area contributed by atoms with E-state index in [1.165, 1.54) is 7.11 Å². The molecule has 0 aromatic heterocycles. The van der Waals surface area contributed by atoms with Crippen molar-refractivity contribution in [3.63, 3.8) is 0 Å². The second-order valence-corrected chi connectivity index (χ2v) is 10.0. The van der Waals surface area contributed by atoms with Gasteiger partial charge in [-0.1, -0.05) is 60.7 Å². The monoisotopic (exact) mass is 489 g/mol. The first-order valence-corrected chi connectivity index (χ1v) is 13.0. The van der Waals surface area contributed by atoms with Crippen LogP contribution < -0.4 is 5.32 Å². The Bertz CT molecular complexity index is 1010. The van der Waals surface area contributed by atoms with Gasteiger partial charge in [0.25, 0.3) is 0 Å². The summed E-state index contributed by atoms with van der Waals surface area (Å²) >= 11 is 0. The highest BCUT2D eigenvalue weighted by Crippen LogP contribution is 2.72. The van der Waals surface area contributed by atoms with E-state index in [2.05, 4.69) is 5.32 Å². The minimum atomic E-state index is -4.26. The lowest BCUT2D eigenvalue weighted by Crippen LogP contribution is -2.49. The lowest BCUT2D eigenvalue weighted by Gasteiger charge is -2.41. The number of nitrogens with one attached hydrogen (secondary N) is 1. The molecule has 0 saturated carbocycles. The molecule has 1 saturated heterocycles. The lowest BCUT2D eigenvalue weighted by molar-refractivity contribution is -0.148. The van der Waals surface area contributed by atoms with Crippen LogP contribution in [0.25, 0.3) is 0 Å². The summed E-state index contributed by atoms with van der Waals surface area (Å²) in [6.07, 6.45) is 0. The van der Waals surface area contributed by atoms with Crippen LogP contribution in [0.1, 0.15) is 43.9 Å². The van der Waals surface area contributed by atoms with E-state index >= 15 is 0 Å². The number of methoxy groups -OCH3 is 1. The average Bonchev–Trinajstić information content (AvgIpc) is 3.23. The van der Waals surface area contributed by atoms with Crippen LogP contribution in [0.15, 0.2) is 60.7 Å². The summed E-state index contributed by atoms with van der Waals surface area (Å²) in [5.41, 5.74) is 1.25. The highest BCUT2D eigenvalue weighted by atomic mass is 31.2. The van der Waals surface area contributed by atoms with E-state index in [4.69, 9.17) is 18.5 Å². The highest BCUT2D eigenvalue weighted by Gasteiger charge is 2.74. The van der Waals surface area contributed by atoms with Gasteiger partial charge >= 0.3 is 19.5 Å². The van der Waals surface area contributed by atoms with Gasteiger partial charge in [-0.05, 0) is 31.9 Å². The van der Waals surface area contributed by atoms with Crippen molar-refractivity contribution in [1.29, 1.82) is 0 Å². The van der Waals surface area contributed by atoms with Crippen LogP contribution >= 0.6 is 7.60 Å². The van der Waals surface area contributed by atoms with Crippen LogP contribution in [-0.4, -0.2) is 50.1 Å². The van der Waals surface area contributed by atoms with E-state index in [0.29, 0.717) is 11.1 Å². The molecule has 34 heavy (non-hydrogen) atoms. The summed E-state index contributed by atoms with van der Waals surface area (Å²) in [7, 11) is -2.98. The predicted molar refractivity (Wildman–Crippen MR) is 128 cm³/mol. The molecule has 1 aliphatic heterocycles. The maximum Gasteiger partial charge on any atom is 0.350 e. The van der Waals surface area contributed by atoms with Crippen molar-refractivity contribution in [2.45, 2.75) is 43.9 Å². The van der Waals surface area contributed by atoms with E-state index < -0.39 is 42.7 Å². The second kappa shape index (κ2) is 11.3. The van der Waals surface area contributed by atoms with E-state index in [0.717, 1.165) is 0 Å². The van der Waals surface area contributed by atoms with Crippen molar-refractivity contribution < 1.29 is 32.7 Å². The van der Waals surface area contributed by atoms with Crippen molar-refractivity contribution in [2.75, 3.05) is 26.9 Å². The molecule has 2 aromatic carbocycles. The molecule has 4 atom stereocenters. The van der Waals surface area contributed by atoms with Crippen molar-refractivity contribution in [2.24, 2.45) is 0 Å². The molecule has 1 N–H and O–H groups in total. The zero-order chi connectivity index (χ0) is 24.8. The SMILES string of the molecule is CCOC(=O)C1(P(=O)(OCC)OCC)[C@H](c2ccccc2)[C@@H](C(=O)OC)N[C@H]1c1ccccc1. The Morgan fingerprint density at radius 2 is 1.41 bits per heavy atom. The quantitative estimate of drug-likeness (QED) is 0.391. The first-order valence-electron chi connectivity index (χ1n) is 11.4. The normalized spacial score (nSPS) is 24.5. The molecule has 1 unspecified atom stereocenters. The number of benzene rings is 2. The summed E-state index contributed by atoms with van der Waals surface area (Å²) in [5.74, 6) is -2.32. The van der Waals surface area contributed by atoms with Crippen LogP contribution in [0.3, 0.4) is 0 Å². The highest BCUT2D eigenvalue weighted by molar-refractivity contribution is 7.57. The van der Waals surface area contributed by atoms with Crippen LogP contribution in [0.2, 0.25) is 0 Å². The van der Waals surface area contributed by atoms with Crippen LogP contribution in [0, 0.1) is 0 Å². The summed E-state index contributed by atoms with van der Waals surface area (Å²) in [4.78, 5) is 27.1. The Labute approximate surface area is 200 Å². The van der Waals surface area contributed by atoms with E-state index in [-0.39, 0.29) is 19.8 Å². The first kappa shape index (κ1) is 26.1. The van der Waals surface area contributed by atoms with Gasteiger partial charge in [0.2, 0.25) is 0 Å².